The van der Waals surface area contributed by atoms with Crippen LogP contribution in [0.25, 0.3) is 0 Å². The van der Waals surface area contributed by atoms with Crippen molar-refractivity contribution in [1.29, 1.82) is 0 Å². The lowest BCUT2D eigenvalue weighted by Crippen LogP contribution is -2.27. The second-order valence-corrected chi connectivity index (χ2v) is 16.4. The van der Waals surface area contributed by atoms with Crippen LogP contribution in [0, 0.1) is 0 Å². The second-order valence-electron chi connectivity index (χ2n) is 4.94. The summed E-state index contributed by atoms with van der Waals surface area (Å²) in [5.41, 5.74) is 1.09. The van der Waals surface area contributed by atoms with Gasteiger partial charge in [-0.05, 0) is 65.5 Å². The van der Waals surface area contributed by atoms with Gasteiger partial charge in [-0.1, -0.05) is 51.0 Å². The zero-order valence-electron chi connectivity index (χ0n) is 10.9. The minimum absolute atomic E-state index is 0.0673. The molecule has 0 saturated heterocycles. The minimum Gasteiger partial charge on any atom is -0.361 e. The van der Waals surface area contributed by atoms with Gasteiger partial charge < -0.3 is 4.74 Å². The molecule has 0 aromatic heterocycles. The molecule has 1 nitrogen and oxygen atoms in total. The molecule has 2 unspecified atom stereocenters. The van der Waals surface area contributed by atoms with Gasteiger partial charge >= 0.3 is 0 Å². The molecule has 114 valence electrons. The van der Waals surface area contributed by atoms with Crippen LogP contribution in [0.2, 0.25) is 19.1 Å². The number of hydrogen-bond donors (Lipinski definition) is 0. The summed E-state index contributed by atoms with van der Waals surface area (Å²) < 4.78 is 8.89. The molecule has 8 heteroatoms. The molecule has 20 heavy (non-hydrogen) atoms. The highest BCUT2D eigenvalue weighted by molar-refractivity contribution is 9.14. The highest BCUT2D eigenvalue weighted by Gasteiger charge is 2.26. The third-order valence-electron chi connectivity index (χ3n) is 2.48. The van der Waals surface area contributed by atoms with E-state index >= 15 is 0 Å². The van der Waals surface area contributed by atoms with Crippen molar-refractivity contribution < 1.29 is 4.74 Å². The van der Waals surface area contributed by atoms with Crippen molar-refractivity contribution in [3.8, 4) is 0 Å². The number of benzene rings is 1. The van der Waals surface area contributed by atoms with Crippen LogP contribution in [0.1, 0.15) is 5.56 Å². The largest absolute Gasteiger partial charge is 0.361 e. The molecule has 0 spiro atoms. The first kappa shape index (κ1) is 20.1. The van der Waals surface area contributed by atoms with E-state index in [1.807, 2.05) is 12.1 Å². The smallest absolute Gasteiger partial charge is 0.151 e. The monoisotopic (exact) mass is 632 g/mol. The first-order valence-corrected chi connectivity index (χ1v) is 14.3. The van der Waals surface area contributed by atoms with E-state index in [4.69, 9.17) is 15.8 Å². The summed E-state index contributed by atoms with van der Waals surface area (Å²) in [5, 5.41) is -0.0673. The van der Waals surface area contributed by atoms with E-state index in [9.17, 15) is 0 Å². The Kier molecular flexibility index (Phi) is 8.86. The van der Waals surface area contributed by atoms with E-state index in [1.165, 1.54) is 0 Å². The normalized spacial score (nSPS) is 15.2. The number of rotatable bonds is 6. The maximum Gasteiger partial charge on any atom is 0.151 e. The zero-order valence-corrected chi connectivity index (χ0v) is 20.6. The highest BCUT2D eigenvalue weighted by atomic mass is 79.9. The van der Waals surface area contributed by atoms with Crippen LogP contribution in [-0.2, 0) is 11.3 Å². The number of ether oxygens (including phenoxy) is 1. The van der Waals surface area contributed by atoms with Crippen LogP contribution in [0.4, 0.5) is 0 Å². The van der Waals surface area contributed by atoms with Gasteiger partial charge in [0.15, 0.2) is 7.38 Å². The Morgan fingerprint density at radius 3 is 2.30 bits per heavy atom. The summed E-state index contributed by atoms with van der Waals surface area (Å²) in [7, 11) is -1.63. The summed E-state index contributed by atoms with van der Waals surface area (Å²) in [5.74, 6) is 0. The summed E-state index contributed by atoms with van der Waals surface area (Å²) in [6, 6.07) is 4.97. The molecule has 0 N–H and O–H groups in total. The Morgan fingerprint density at radius 1 is 1.15 bits per heavy atom. The maximum absolute atomic E-state index is 6.37. The summed E-state index contributed by atoms with van der Waals surface area (Å²) in [6.45, 7) is 4.78. The van der Waals surface area contributed by atoms with Crippen molar-refractivity contribution in [3.05, 3.63) is 31.1 Å². The molecule has 1 rings (SSSR count). The molecule has 0 amide bonds. The van der Waals surface area contributed by atoms with E-state index in [2.05, 4.69) is 92.7 Å². The average molecular weight is 637 g/mol. The van der Waals surface area contributed by atoms with E-state index < -0.39 is 7.38 Å². The Balaban J connectivity index is 2.61. The molecule has 0 heterocycles. The topological polar surface area (TPSA) is 9.23 Å². The predicted molar refractivity (Wildman–Crippen MR) is 108 cm³/mol. The van der Waals surface area contributed by atoms with Crippen molar-refractivity contribution in [2.75, 3.05) is 0 Å². The first-order valence-electron chi connectivity index (χ1n) is 5.83. The fourth-order valence-electron chi connectivity index (χ4n) is 1.51. The molecule has 0 aliphatic heterocycles. The Hall–Kier alpha value is 2.09. The van der Waals surface area contributed by atoms with Gasteiger partial charge in [-0.3, -0.25) is 0 Å². The van der Waals surface area contributed by atoms with Crippen LogP contribution in [0.3, 0.4) is 0 Å². The van der Waals surface area contributed by atoms with Crippen LogP contribution in [0.5, 0.6) is 0 Å². The minimum atomic E-state index is -1.63. The highest BCUT2D eigenvalue weighted by Crippen LogP contribution is 2.35. The number of halogens is 6. The van der Waals surface area contributed by atoms with Gasteiger partial charge in [0.25, 0.3) is 0 Å². The van der Waals surface area contributed by atoms with Gasteiger partial charge in [-0.25, -0.2) is 0 Å². The van der Waals surface area contributed by atoms with Crippen LogP contribution in [0.15, 0.2) is 25.6 Å². The molecular weight excluding hydrogens is 623 g/mol. The quantitative estimate of drug-likeness (QED) is 0.137. The van der Waals surface area contributed by atoms with Crippen LogP contribution >= 0.6 is 90.7 Å². The van der Waals surface area contributed by atoms with Gasteiger partial charge in [0, 0.05) is 18.2 Å². The Labute approximate surface area is 167 Å². The van der Waals surface area contributed by atoms with Gasteiger partial charge in [0.2, 0.25) is 0 Å². The molecule has 2 atom stereocenters. The summed E-state index contributed by atoms with van der Waals surface area (Å²) in [4.78, 5) is 0.208. The first-order chi connectivity index (χ1) is 9.11. The van der Waals surface area contributed by atoms with Crippen molar-refractivity contribution in [1.82, 2.24) is 0 Å². The third kappa shape index (κ3) is 6.68. The third-order valence-corrected chi connectivity index (χ3v) is 10.8. The van der Waals surface area contributed by atoms with Gasteiger partial charge in [0.1, 0.15) is 5.01 Å². The van der Waals surface area contributed by atoms with Gasteiger partial charge in [0.05, 0.1) is 6.61 Å². The van der Waals surface area contributed by atoms with E-state index in [-0.39, 0.29) is 9.84 Å². The van der Waals surface area contributed by atoms with Gasteiger partial charge in [-0.2, -0.15) is 11.1 Å². The molecule has 0 bridgehead atoms. The standard InChI is InChI=1S/C12H14Br5ClOSi/c1-20(2,18)6-9(14)12(17)19-5-7-3-4-8(13)11(16)10(7)15/h3-4,9,12H,5-6H2,1-2H3. The van der Waals surface area contributed by atoms with Gasteiger partial charge in [-0.15, -0.1) is 0 Å². The molecule has 0 aliphatic carbocycles. The van der Waals surface area contributed by atoms with E-state index in [0.29, 0.717) is 6.61 Å². The maximum atomic E-state index is 6.37. The lowest BCUT2D eigenvalue weighted by molar-refractivity contribution is 0.105. The molecular formula is C12H14Br5ClOSi. The fraction of sp³-hybridized carbons (Fsp3) is 0.500. The number of alkyl halides is 2. The lowest BCUT2D eigenvalue weighted by Gasteiger charge is -2.22. The van der Waals surface area contributed by atoms with Crippen molar-refractivity contribution in [2.45, 2.75) is 35.6 Å². The second kappa shape index (κ2) is 8.80. The molecule has 0 aliphatic rings. The SMILES string of the molecule is C[Si](C)(Cl)CC(Br)C(Br)OCc1ccc(Br)c(Br)c1Br. The summed E-state index contributed by atoms with van der Waals surface area (Å²) >= 11 is 24.1. The van der Waals surface area contributed by atoms with Crippen molar-refractivity contribution in [2.24, 2.45) is 0 Å². The molecule has 0 fully saturated rings. The summed E-state index contributed by atoms with van der Waals surface area (Å²) in [6.07, 6.45) is 0. The number of hydrogen-bond acceptors (Lipinski definition) is 1. The van der Waals surface area contributed by atoms with E-state index in [0.717, 1.165) is 25.0 Å². The Bertz CT molecular complexity index is 466. The predicted octanol–water partition coefficient (Wildman–Crippen LogP) is 7.42. The molecule has 1 aromatic rings. The molecule has 0 saturated carbocycles. The average Bonchev–Trinajstić information content (AvgIpc) is 2.32. The molecule has 1 aromatic carbocycles. The van der Waals surface area contributed by atoms with Crippen molar-refractivity contribution in [3.63, 3.8) is 0 Å². The van der Waals surface area contributed by atoms with Crippen LogP contribution < -0.4 is 0 Å². The van der Waals surface area contributed by atoms with Crippen LogP contribution in [-0.4, -0.2) is 17.2 Å². The Morgan fingerprint density at radius 2 is 1.75 bits per heavy atom. The van der Waals surface area contributed by atoms with Crippen molar-refractivity contribution >= 4 is 98.1 Å². The lowest BCUT2D eigenvalue weighted by atomic mass is 10.2. The fourth-order valence-corrected chi connectivity index (χ4v) is 8.40. The molecule has 0 radical (unpaired) electrons. The zero-order chi connectivity index (χ0) is 15.5. The van der Waals surface area contributed by atoms with E-state index in [1.54, 1.807) is 0 Å².